The highest BCUT2D eigenvalue weighted by molar-refractivity contribution is 5.69. The van der Waals surface area contributed by atoms with Crippen molar-refractivity contribution in [2.75, 3.05) is 12.3 Å². The third-order valence-corrected chi connectivity index (χ3v) is 5.92. The van der Waals surface area contributed by atoms with Gasteiger partial charge in [-0.1, -0.05) is 69.8 Å². The average Bonchev–Trinajstić information content (AvgIpc) is 3.04. The summed E-state index contributed by atoms with van der Waals surface area (Å²) in [7, 11) is 0. The van der Waals surface area contributed by atoms with E-state index in [0.717, 1.165) is 23.8 Å². The molecule has 2 heterocycles. The second-order valence-corrected chi connectivity index (χ2v) is 8.61. The number of hydrogen-bond donors (Lipinski definition) is 3. The molecule has 0 radical (unpaired) electrons. The van der Waals surface area contributed by atoms with Gasteiger partial charge in [0.05, 0.1) is 0 Å². The molecule has 0 bridgehead atoms. The molecule has 4 atom stereocenters. The molecule has 190 valence electrons. The number of carbonyl (C=O) groups excluding carboxylic acids is 1. The summed E-state index contributed by atoms with van der Waals surface area (Å²) < 4.78 is 11.7. The van der Waals surface area contributed by atoms with Crippen molar-refractivity contribution in [2.45, 2.75) is 102 Å². The summed E-state index contributed by atoms with van der Waals surface area (Å²) in [6.07, 6.45) is 7.90. The second-order valence-electron chi connectivity index (χ2n) is 8.61. The molecule has 12 heteroatoms. The SMILES string of the molecule is CCCCCCCCCCCCC(=O)OC[C@@]1(N=[N+]=[N-])O[C@H](n2ccc(N)nc2=O)[C@H](O)[C@@H]1O. The summed E-state index contributed by atoms with van der Waals surface area (Å²) in [4.78, 5) is 30.5. The minimum absolute atomic E-state index is 0.0310. The van der Waals surface area contributed by atoms with E-state index in [1.807, 2.05) is 0 Å². The lowest BCUT2D eigenvalue weighted by molar-refractivity contribution is -0.165. The highest BCUT2D eigenvalue weighted by Crippen LogP contribution is 2.38. The van der Waals surface area contributed by atoms with Crippen molar-refractivity contribution < 1.29 is 24.5 Å². The highest BCUT2D eigenvalue weighted by atomic mass is 16.6. The monoisotopic (exact) mass is 480 g/mol. The van der Waals surface area contributed by atoms with E-state index in [1.54, 1.807) is 0 Å². The van der Waals surface area contributed by atoms with Gasteiger partial charge < -0.3 is 25.4 Å². The number of azide groups is 1. The van der Waals surface area contributed by atoms with Crippen molar-refractivity contribution in [2.24, 2.45) is 5.11 Å². The van der Waals surface area contributed by atoms with Crippen LogP contribution in [-0.2, 0) is 14.3 Å². The van der Waals surface area contributed by atoms with Gasteiger partial charge in [0.15, 0.2) is 6.23 Å². The fourth-order valence-corrected chi connectivity index (χ4v) is 3.93. The summed E-state index contributed by atoms with van der Waals surface area (Å²) in [5, 5.41) is 24.4. The first kappa shape index (κ1) is 27.6. The number of aliphatic hydroxyl groups excluding tert-OH is 2. The van der Waals surface area contributed by atoms with Crippen LogP contribution >= 0.6 is 0 Å². The Labute approximate surface area is 198 Å². The van der Waals surface area contributed by atoms with Crippen LogP contribution < -0.4 is 11.4 Å². The van der Waals surface area contributed by atoms with E-state index in [9.17, 15) is 19.8 Å². The zero-order valence-electron chi connectivity index (χ0n) is 19.7. The molecule has 0 aromatic carbocycles. The Kier molecular flexibility index (Phi) is 11.3. The molecule has 0 saturated carbocycles. The van der Waals surface area contributed by atoms with Crippen LogP contribution in [0.3, 0.4) is 0 Å². The highest BCUT2D eigenvalue weighted by Gasteiger charge is 2.56. The molecular formula is C22H36N6O6. The largest absolute Gasteiger partial charge is 0.462 e. The lowest BCUT2D eigenvalue weighted by atomic mass is 10.1. The molecule has 1 saturated heterocycles. The van der Waals surface area contributed by atoms with E-state index in [0.29, 0.717) is 6.42 Å². The van der Waals surface area contributed by atoms with Gasteiger partial charge in [0, 0.05) is 17.5 Å². The molecule has 12 nitrogen and oxygen atoms in total. The summed E-state index contributed by atoms with van der Waals surface area (Å²) in [5.74, 6) is -0.566. The number of aliphatic hydroxyl groups is 2. The number of esters is 1. The normalized spacial score (nSPS) is 24.0. The number of unbranched alkanes of at least 4 members (excludes halogenated alkanes) is 9. The Hall–Kier alpha value is -2.66. The maximum atomic E-state index is 12.2. The molecule has 0 amide bonds. The van der Waals surface area contributed by atoms with Crippen molar-refractivity contribution in [3.05, 3.63) is 33.2 Å². The van der Waals surface area contributed by atoms with Crippen LogP contribution in [-0.4, -0.2) is 50.3 Å². The number of nitrogens with two attached hydrogens (primary N) is 1. The van der Waals surface area contributed by atoms with Gasteiger partial charge in [-0.05, 0) is 18.0 Å². The maximum Gasteiger partial charge on any atom is 0.351 e. The summed E-state index contributed by atoms with van der Waals surface area (Å²) in [6.45, 7) is 1.59. The Bertz CT molecular complexity index is 889. The van der Waals surface area contributed by atoms with Gasteiger partial charge >= 0.3 is 11.7 Å². The summed E-state index contributed by atoms with van der Waals surface area (Å²) in [5.41, 5.74) is 11.5. The quantitative estimate of drug-likeness (QED) is 0.112. The maximum absolute atomic E-state index is 12.2. The van der Waals surface area contributed by atoms with Crippen LogP contribution in [0.4, 0.5) is 5.82 Å². The van der Waals surface area contributed by atoms with Gasteiger partial charge in [-0.3, -0.25) is 9.36 Å². The van der Waals surface area contributed by atoms with Crippen LogP contribution in [0.2, 0.25) is 0 Å². The molecule has 0 spiro atoms. The zero-order chi connectivity index (χ0) is 25.0. The van der Waals surface area contributed by atoms with E-state index >= 15 is 0 Å². The molecule has 1 aliphatic heterocycles. The van der Waals surface area contributed by atoms with Crippen LogP contribution in [0, 0.1) is 0 Å². The Morgan fingerprint density at radius 1 is 1.24 bits per heavy atom. The van der Waals surface area contributed by atoms with Gasteiger partial charge in [-0.15, -0.1) is 0 Å². The third-order valence-electron chi connectivity index (χ3n) is 5.92. The predicted octanol–water partition coefficient (Wildman–Crippen LogP) is 2.94. The average molecular weight is 481 g/mol. The smallest absolute Gasteiger partial charge is 0.351 e. The molecule has 1 aliphatic rings. The van der Waals surface area contributed by atoms with Crippen molar-refractivity contribution >= 4 is 11.8 Å². The van der Waals surface area contributed by atoms with Gasteiger partial charge in [-0.2, -0.15) is 4.98 Å². The van der Waals surface area contributed by atoms with Gasteiger partial charge in [0.2, 0.25) is 5.72 Å². The lowest BCUT2D eigenvalue weighted by Crippen LogP contribution is -2.45. The van der Waals surface area contributed by atoms with Crippen LogP contribution in [0.15, 0.2) is 22.2 Å². The van der Waals surface area contributed by atoms with Crippen molar-refractivity contribution in [3.8, 4) is 0 Å². The Morgan fingerprint density at radius 3 is 2.44 bits per heavy atom. The minimum atomic E-state index is -2.09. The van der Waals surface area contributed by atoms with Crippen molar-refractivity contribution in [3.63, 3.8) is 0 Å². The first-order valence-electron chi connectivity index (χ1n) is 11.9. The van der Waals surface area contributed by atoms with Crippen LogP contribution in [0.5, 0.6) is 0 Å². The third kappa shape index (κ3) is 7.69. The van der Waals surface area contributed by atoms with Gasteiger partial charge in [0.1, 0.15) is 24.6 Å². The number of nitrogen functional groups attached to an aromatic ring is 1. The van der Waals surface area contributed by atoms with E-state index < -0.39 is 42.4 Å². The lowest BCUT2D eigenvalue weighted by Gasteiger charge is -2.26. The van der Waals surface area contributed by atoms with E-state index in [4.69, 9.17) is 20.7 Å². The zero-order valence-corrected chi connectivity index (χ0v) is 19.7. The standard InChI is InChI=1S/C22H36N6O6/c1-2-3-4-5-6-7-8-9-10-11-12-17(29)33-15-22(26-27-24)19(31)18(30)20(34-22)28-14-13-16(23)25-21(28)32/h13-14,18-20,30-31H,2-12,15H2,1H3,(H2,23,25,32)/t18-,19+,20+,22-/m1/s1. The first-order chi connectivity index (χ1) is 16.3. The molecule has 34 heavy (non-hydrogen) atoms. The number of rotatable bonds is 15. The number of anilines is 1. The number of ether oxygens (including phenoxy) is 2. The molecule has 0 aliphatic carbocycles. The number of aromatic nitrogens is 2. The second kappa shape index (κ2) is 13.9. The fraction of sp³-hybridized carbons (Fsp3) is 0.773. The first-order valence-corrected chi connectivity index (χ1v) is 11.9. The van der Waals surface area contributed by atoms with E-state index in [1.165, 1.54) is 50.8 Å². The molecule has 0 unspecified atom stereocenters. The van der Waals surface area contributed by atoms with E-state index in [2.05, 4.69) is 21.9 Å². The van der Waals surface area contributed by atoms with Crippen LogP contribution in [0.1, 0.15) is 83.8 Å². The molecule has 1 aromatic heterocycles. The molecule has 4 N–H and O–H groups in total. The predicted molar refractivity (Wildman–Crippen MR) is 124 cm³/mol. The Morgan fingerprint density at radius 2 is 1.85 bits per heavy atom. The molecular weight excluding hydrogens is 444 g/mol. The Balaban J connectivity index is 1.81. The van der Waals surface area contributed by atoms with Crippen molar-refractivity contribution in [1.29, 1.82) is 0 Å². The molecule has 1 fully saturated rings. The fourth-order valence-electron chi connectivity index (χ4n) is 3.93. The minimum Gasteiger partial charge on any atom is -0.462 e. The number of carbonyl (C=O) groups is 1. The number of hydrogen-bond acceptors (Lipinski definition) is 9. The number of nitrogens with zero attached hydrogens (tertiary/aromatic N) is 5. The summed E-state index contributed by atoms with van der Waals surface area (Å²) in [6, 6.07) is 1.31. The molecule has 2 rings (SSSR count). The van der Waals surface area contributed by atoms with Crippen LogP contribution in [0.25, 0.3) is 10.4 Å². The van der Waals surface area contributed by atoms with Gasteiger partial charge in [-0.25, -0.2) is 4.79 Å². The van der Waals surface area contributed by atoms with E-state index in [-0.39, 0.29) is 12.2 Å². The summed E-state index contributed by atoms with van der Waals surface area (Å²) >= 11 is 0. The van der Waals surface area contributed by atoms with Crippen molar-refractivity contribution in [1.82, 2.24) is 9.55 Å². The van der Waals surface area contributed by atoms with Gasteiger partial charge in [0.25, 0.3) is 0 Å². The molecule has 1 aromatic rings. The topological polar surface area (TPSA) is 186 Å².